The van der Waals surface area contributed by atoms with Gasteiger partial charge in [-0.1, -0.05) is 17.7 Å². The van der Waals surface area contributed by atoms with E-state index in [1.165, 1.54) is 10.4 Å². The van der Waals surface area contributed by atoms with E-state index >= 15 is 0 Å². The first kappa shape index (κ1) is 23.9. The number of amides is 2. The summed E-state index contributed by atoms with van der Waals surface area (Å²) in [6.45, 7) is 5.30. The molecule has 192 valence electrons. The fourth-order valence-corrected chi connectivity index (χ4v) is 6.12. The number of thiophene rings is 1. The predicted molar refractivity (Wildman–Crippen MR) is 141 cm³/mol. The zero-order chi connectivity index (χ0) is 25.5. The van der Waals surface area contributed by atoms with E-state index in [4.69, 9.17) is 14.2 Å². The lowest BCUT2D eigenvalue weighted by molar-refractivity contribution is -0.135. The number of hydrogen-bond acceptors (Lipinski definition) is 6. The van der Waals surface area contributed by atoms with Crippen LogP contribution in [0.1, 0.15) is 50.8 Å². The van der Waals surface area contributed by atoms with Crippen molar-refractivity contribution >= 4 is 23.2 Å². The van der Waals surface area contributed by atoms with Gasteiger partial charge in [-0.2, -0.15) is 0 Å². The minimum absolute atomic E-state index is 0.0490. The van der Waals surface area contributed by atoms with Gasteiger partial charge in [0, 0.05) is 23.0 Å². The van der Waals surface area contributed by atoms with Gasteiger partial charge in [0.15, 0.2) is 11.5 Å². The van der Waals surface area contributed by atoms with Crippen molar-refractivity contribution in [2.45, 2.75) is 45.2 Å². The van der Waals surface area contributed by atoms with E-state index in [9.17, 15) is 9.59 Å². The lowest BCUT2D eigenvalue weighted by Gasteiger charge is -2.37. The van der Waals surface area contributed by atoms with Gasteiger partial charge < -0.3 is 24.0 Å². The molecule has 2 aromatic carbocycles. The lowest BCUT2D eigenvalue weighted by atomic mass is 10.00. The van der Waals surface area contributed by atoms with E-state index in [0.29, 0.717) is 30.2 Å². The molecular weight excluding hydrogens is 488 g/mol. The number of nitrogens with zero attached hydrogens (tertiary/aromatic N) is 2. The van der Waals surface area contributed by atoms with Crippen molar-refractivity contribution < 1.29 is 23.8 Å². The van der Waals surface area contributed by atoms with Crippen LogP contribution in [0.4, 0.5) is 0 Å². The summed E-state index contributed by atoms with van der Waals surface area (Å²) in [6.07, 6.45) is 2.65. The molecule has 37 heavy (non-hydrogen) atoms. The molecule has 0 bridgehead atoms. The number of ether oxygens (including phenoxy) is 3. The van der Waals surface area contributed by atoms with Gasteiger partial charge in [0.05, 0.1) is 6.04 Å². The molecule has 0 N–H and O–H groups in total. The Bertz CT molecular complexity index is 1350. The van der Waals surface area contributed by atoms with Crippen molar-refractivity contribution in [3.63, 3.8) is 0 Å². The average molecular weight is 519 g/mol. The second-order valence-electron chi connectivity index (χ2n) is 9.96. The van der Waals surface area contributed by atoms with E-state index in [1.54, 1.807) is 34.4 Å². The number of rotatable bonds is 7. The van der Waals surface area contributed by atoms with Crippen molar-refractivity contribution in [2.24, 2.45) is 0 Å². The number of hydrogen-bond donors (Lipinski definition) is 0. The number of benzene rings is 2. The van der Waals surface area contributed by atoms with Gasteiger partial charge in [0.25, 0.3) is 5.91 Å². The third-order valence-electron chi connectivity index (χ3n) is 7.32. The number of carbonyl (C=O) groups excluding carboxylic acids is 2. The lowest BCUT2D eigenvalue weighted by Crippen LogP contribution is -2.48. The number of aryl methyl sites for hydroxylation is 2. The molecular formula is C29H30N2O5S. The Morgan fingerprint density at radius 1 is 1.08 bits per heavy atom. The van der Waals surface area contributed by atoms with Crippen LogP contribution < -0.4 is 14.2 Å². The molecule has 3 aromatic rings. The Kier molecular flexibility index (Phi) is 6.28. The topological polar surface area (TPSA) is 68.3 Å². The summed E-state index contributed by atoms with van der Waals surface area (Å²) in [7, 11) is 0. The molecule has 7 nitrogen and oxygen atoms in total. The molecule has 0 unspecified atom stereocenters. The minimum Gasteiger partial charge on any atom is -0.491 e. The summed E-state index contributed by atoms with van der Waals surface area (Å²) in [4.78, 5) is 32.2. The first-order valence-electron chi connectivity index (χ1n) is 12.7. The average Bonchev–Trinajstić information content (AvgIpc) is 3.42. The van der Waals surface area contributed by atoms with Gasteiger partial charge in [0.2, 0.25) is 12.7 Å². The predicted octanol–water partition coefficient (Wildman–Crippen LogP) is 4.90. The van der Waals surface area contributed by atoms with Crippen LogP contribution in [0.15, 0.2) is 47.8 Å². The van der Waals surface area contributed by atoms with Gasteiger partial charge in [-0.05, 0) is 79.9 Å². The molecule has 3 heterocycles. The van der Waals surface area contributed by atoms with Crippen LogP contribution >= 0.6 is 11.3 Å². The Morgan fingerprint density at radius 3 is 2.73 bits per heavy atom. The normalized spacial score (nSPS) is 17.9. The fraction of sp³-hybridized carbons (Fsp3) is 0.379. The van der Waals surface area contributed by atoms with Gasteiger partial charge >= 0.3 is 0 Å². The quantitative estimate of drug-likeness (QED) is 0.445. The minimum atomic E-state index is -0.190. The summed E-state index contributed by atoms with van der Waals surface area (Å²) in [5, 5.41) is 2.09. The molecule has 0 saturated heterocycles. The first-order chi connectivity index (χ1) is 18.0. The zero-order valence-corrected chi connectivity index (χ0v) is 21.9. The van der Waals surface area contributed by atoms with Crippen molar-refractivity contribution in [1.29, 1.82) is 0 Å². The van der Waals surface area contributed by atoms with Gasteiger partial charge in [-0.15, -0.1) is 11.3 Å². The molecule has 3 aliphatic rings. The maximum absolute atomic E-state index is 13.8. The molecule has 1 fully saturated rings. The molecule has 1 aromatic heterocycles. The van der Waals surface area contributed by atoms with Crippen LogP contribution in [-0.4, -0.2) is 54.1 Å². The maximum atomic E-state index is 13.8. The summed E-state index contributed by atoms with van der Waals surface area (Å²) >= 11 is 1.73. The van der Waals surface area contributed by atoms with Crippen LogP contribution in [0, 0.1) is 13.8 Å². The summed E-state index contributed by atoms with van der Waals surface area (Å²) < 4.78 is 17.1. The standard InChI is InChI=1S/C29H30N2O5S/c1-18-3-7-24(19(2)13-18)34-16-23-22-10-12-37-27(22)9-11-30(23)28(32)15-31(21-5-6-21)29(33)20-4-8-25-26(14-20)36-17-35-25/h3-4,7-8,10,12-14,21,23H,5-6,9,11,15-17H2,1-2H3/t23-/m0/s1. The smallest absolute Gasteiger partial charge is 0.254 e. The van der Waals surface area contributed by atoms with Crippen LogP contribution in [0.3, 0.4) is 0 Å². The Hall–Kier alpha value is -3.52. The van der Waals surface area contributed by atoms with Crippen LogP contribution in [0.5, 0.6) is 17.2 Å². The second kappa shape index (κ2) is 9.74. The highest BCUT2D eigenvalue weighted by molar-refractivity contribution is 7.10. The van der Waals surface area contributed by atoms with Crippen LogP contribution in [-0.2, 0) is 11.2 Å². The molecule has 1 aliphatic carbocycles. The van der Waals surface area contributed by atoms with Crippen LogP contribution in [0.25, 0.3) is 0 Å². The fourth-order valence-electron chi connectivity index (χ4n) is 5.19. The van der Waals surface area contributed by atoms with E-state index in [2.05, 4.69) is 24.4 Å². The summed E-state index contributed by atoms with van der Waals surface area (Å²) in [6, 6.07) is 13.4. The maximum Gasteiger partial charge on any atom is 0.254 e. The molecule has 2 amide bonds. The van der Waals surface area contributed by atoms with Crippen molar-refractivity contribution in [3.8, 4) is 17.2 Å². The molecule has 1 saturated carbocycles. The Morgan fingerprint density at radius 2 is 1.92 bits per heavy atom. The molecule has 1 atom stereocenters. The van der Waals surface area contributed by atoms with E-state index in [1.807, 2.05) is 24.0 Å². The third-order valence-corrected chi connectivity index (χ3v) is 8.31. The highest BCUT2D eigenvalue weighted by atomic mass is 32.1. The number of fused-ring (bicyclic) bond motifs is 2. The molecule has 0 spiro atoms. The largest absolute Gasteiger partial charge is 0.491 e. The molecule has 2 aliphatic heterocycles. The van der Waals surface area contributed by atoms with Crippen molar-refractivity contribution in [2.75, 3.05) is 26.5 Å². The second-order valence-corrected chi connectivity index (χ2v) is 11.0. The van der Waals surface area contributed by atoms with Gasteiger partial charge in [-0.3, -0.25) is 9.59 Å². The highest BCUT2D eigenvalue weighted by Crippen LogP contribution is 2.37. The van der Waals surface area contributed by atoms with E-state index in [-0.39, 0.29) is 37.2 Å². The SMILES string of the molecule is Cc1ccc(OC[C@H]2c3ccsc3CCN2C(=O)CN(C(=O)c2ccc3c(c2)OCO3)C2CC2)c(C)c1. The zero-order valence-electron chi connectivity index (χ0n) is 21.1. The monoisotopic (exact) mass is 518 g/mol. The van der Waals surface area contributed by atoms with Crippen molar-refractivity contribution in [3.05, 3.63) is 75.0 Å². The molecule has 0 radical (unpaired) electrons. The van der Waals surface area contributed by atoms with Crippen LogP contribution in [0.2, 0.25) is 0 Å². The highest BCUT2D eigenvalue weighted by Gasteiger charge is 2.38. The Balaban J connectivity index is 1.21. The molecule has 6 rings (SSSR count). The van der Waals surface area contributed by atoms with E-state index < -0.39 is 0 Å². The van der Waals surface area contributed by atoms with Gasteiger partial charge in [0.1, 0.15) is 18.9 Å². The summed E-state index contributed by atoms with van der Waals surface area (Å²) in [5.41, 5.74) is 3.92. The third kappa shape index (κ3) is 4.78. The van der Waals surface area contributed by atoms with Gasteiger partial charge in [-0.25, -0.2) is 0 Å². The first-order valence-corrected chi connectivity index (χ1v) is 13.6. The van der Waals surface area contributed by atoms with E-state index in [0.717, 1.165) is 36.1 Å². The Labute approximate surface area is 220 Å². The molecule has 8 heteroatoms. The summed E-state index contributed by atoms with van der Waals surface area (Å²) in [5.74, 6) is 1.84. The number of carbonyl (C=O) groups is 2. The van der Waals surface area contributed by atoms with Crippen molar-refractivity contribution in [1.82, 2.24) is 9.80 Å².